The van der Waals surface area contributed by atoms with Crippen molar-refractivity contribution in [2.45, 2.75) is 38.5 Å². The smallest absolute Gasteiger partial charge is 0.309 e. The van der Waals surface area contributed by atoms with E-state index in [-0.39, 0.29) is 95.9 Å². The molecule has 0 heterocycles. The van der Waals surface area contributed by atoms with Crippen LogP contribution in [0.4, 0.5) is 0 Å². The maximum absolute atomic E-state index is 12.1. The summed E-state index contributed by atoms with van der Waals surface area (Å²) in [5.41, 5.74) is 0. The Kier molecular flexibility index (Phi) is 22.8. The van der Waals surface area contributed by atoms with Crippen LogP contribution in [0.15, 0.2) is 0 Å². The SMILES string of the molecule is CNC(=O)CCCNC(=O)C(=O)NCCN(CCNC(=O)C(=O)NCCCC(=O)NC)CCNC(=O)C(=O)NCCCC(=O)NC. The minimum Gasteiger partial charge on any atom is -0.359 e. The monoisotopic (exact) mass is 656 g/mol. The predicted octanol–water partition coefficient (Wildman–Crippen LogP) is -5.44. The molecular weight excluding hydrogens is 608 g/mol. The van der Waals surface area contributed by atoms with Gasteiger partial charge in [-0.15, -0.1) is 0 Å². The molecule has 0 spiro atoms. The molecule has 0 aliphatic carbocycles. The van der Waals surface area contributed by atoms with Crippen LogP contribution in [0.5, 0.6) is 0 Å². The van der Waals surface area contributed by atoms with E-state index >= 15 is 0 Å². The third-order valence-electron chi connectivity index (χ3n) is 6.19. The van der Waals surface area contributed by atoms with E-state index in [9.17, 15) is 43.2 Å². The van der Waals surface area contributed by atoms with Gasteiger partial charge in [0.15, 0.2) is 0 Å². The molecule has 0 radical (unpaired) electrons. The van der Waals surface area contributed by atoms with E-state index in [0.717, 1.165) is 0 Å². The second-order valence-electron chi connectivity index (χ2n) is 9.71. The van der Waals surface area contributed by atoms with Gasteiger partial charge in [0, 0.05) is 99.3 Å². The highest BCUT2D eigenvalue weighted by Gasteiger charge is 2.17. The minimum absolute atomic E-state index is 0.0179. The molecule has 260 valence electrons. The van der Waals surface area contributed by atoms with Crippen molar-refractivity contribution < 1.29 is 43.2 Å². The highest BCUT2D eigenvalue weighted by Crippen LogP contribution is 1.90. The molecule has 0 unspecified atom stereocenters. The topological polar surface area (TPSA) is 265 Å². The fraction of sp³-hybridized carbons (Fsp3) is 0.667. The summed E-state index contributed by atoms with van der Waals surface area (Å²) in [6.07, 6.45) is 1.64. The van der Waals surface area contributed by atoms with Gasteiger partial charge in [-0.1, -0.05) is 0 Å². The Morgan fingerprint density at radius 3 is 0.804 bits per heavy atom. The van der Waals surface area contributed by atoms with Crippen LogP contribution in [0, 0.1) is 0 Å². The minimum atomic E-state index is -0.886. The van der Waals surface area contributed by atoms with Crippen molar-refractivity contribution in [2.75, 3.05) is 80.0 Å². The molecule has 46 heavy (non-hydrogen) atoms. The first-order chi connectivity index (χ1) is 21.9. The highest BCUT2D eigenvalue weighted by molar-refractivity contribution is 6.35. The van der Waals surface area contributed by atoms with E-state index in [0.29, 0.717) is 19.3 Å². The summed E-state index contributed by atoms with van der Waals surface area (Å²) < 4.78 is 0. The third kappa shape index (κ3) is 21.0. The van der Waals surface area contributed by atoms with E-state index in [1.165, 1.54) is 21.1 Å². The Balaban J connectivity index is 4.78. The molecule has 0 atom stereocenters. The van der Waals surface area contributed by atoms with Crippen molar-refractivity contribution in [3.63, 3.8) is 0 Å². The van der Waals surface area contributed by atoms with Gasteiger partial charge in [0.1, 0.15) is 0 Å². The van der Waals surface area contributed by atoms with Crippen LogP contribution >= 0.6 is 0 Å². The lowest BCUT2D eigenvalue weighted by Gasteiger charge is -2.22. The summed E-state index contributed by atoms with van der Waals surface area (Å²) in [7, 11) is 4.48. The molecule has 0 aliphatic rings. The van der Waals surface area contributed by atoms with Crippen molar-refractivity contribution >= 4 is 53.2 Å². The van der Waals surface area contributed by atoms with Crippen molar-refractivity contribution in [3.8, 4) is 0 Å². The van der Waals surface area contributed by atoms with Crippen LogP contribution in [0.2, 0.25) is 0 Å². The lowest BCUT2D eigenvalue weighted by molar-refractivity contribution is -0.139. The summed E-state index contributed by atoms with van der Waals surface area (Å²) in [4.78, 5) is 108. The molecule has 19 heteroatoms. The molecule has 9 amide bonds. The number of nitrogens with zero attached hydrogens (tertiary/aromatic N) is 1. The van der Waals surface area contributed by atoms with Gasteiger partial charge in [-0.05, 0) is 19.3 Å². The average Bonchev–Trinajstić information content (AvgIpc) is 3.05. The number of carbonyl (C=O) groups excluding carboxylic acids is 9. The van der Waals surface area contributed by atoms with Gasteiger partial charge >= 0.3 is 35.4 Å². The standard InChI is InChI=1S/C27H48N10O9/c1-28-19(38)7-4-10-31-22(41)25(44)34-13-16-37(17-14-35-26(45)23(42)32-11-5-8-20(39)29-2)18-15-36-27(46)24(43)33-12-6-9-21(40)30-3/h4-18H2,1-3H3,(H,28,38)(H,29,39)(H,30,40)(H,31,41)(H,32,42)(H,33,43)(H,34,44)(H,35,45)(H,36,46). The normalized spacial score (nSPS) is 10.2. The summed E-state index contributed by atoms with van der Waals surface area (Å²) in [5, 5.41) is 22.0. The average molecular weight is 657 g/mol. The quantitative estimate of drug-likeness (QED) is 0.0418. The van der Waals surface area contributed by atoms with E-state index in [2.05, 4.69) is 47.9 Å². The molecule has 0 fully saturated rings. The number of amides is 9. The highest BCUT2D eigenvalue weighted by atomic mass is 16.2. The Hall–Kier alpha value is -4.81. The first-order valence-corrected chi connectivity index (χ1v) is 15.0. The van der Waals surface area contributed by atoms with Crippen molar-refractivity contribution in [3.05, 3.63) is 0 Å². The number of carbonyl (C=O) groups is 9. The lowest BCUT2D eigenvalue weighted by atomic mass is 10.3. The summed E-state index contributed by atoms with van der Waals surface area (Å²) in [6.45, 7) is 0.992. The Bertz CT molecular complexity index is 927. The van der Waals surface area contributed by atoms with Crippen LogP contribution in [0.1, 0.15) is 38.5 Å². The summed E-state index contributed by atoms with van der Waals surface area (Å²) in [5.74, 6) is -5.84. The predicted molar refractivity (Wildman–Crippen MR) is 164 cm³/mol. The van der Waals surface area contributed by atoms with Crippen LogP contribution in [-0.4, -0.2) is 138 Å². The fourth-order valence-corrected chi connectivity index (χ4v) is 3.53. The second kappa shape index (κ2) is 25.5. The molecule has 0 aliphatic heterocycles. The van der Waals surface area contributed by atoms with Crippen LogP contribution < -0.4 is 47.9 Å². The van der Waals surface area contributed by atoms with E-state index in [1.54, 1.807) is 4.90 Å². The Labute approximate surface area is 267 Å². The molecule has 9 N–H and O–H groups in total. The zero-order valence-electron chi connectivity index (χ0n) is 26.7. The molecule has 0 rings (SSSR count). The van der Waals surface area contributed by atoms with Gasteiger partial charge < -0.3 is 47.9 Å². The zero-order chi connectivity index (χ0) is 34.7. The van der Waals surface area contributed by atoms with Crippen molar-refractivity contribution in [2.24, 2.45) is 0 Å². The number of hydrogen-bond acceptors (Lipinski definition) is 10. The van der Waals surface area contributed by atoms with Crippen molar-refractivity contribution in [1.29, 1.82) is 0 Å². The Morgan fingerprint density at radius 1 is 0.370 bits per heavy atom. The first-order valence-electron chi connectivity index (χ1n) is 15.0. The zero-order valence-corrected chi connectivity index (χ0v) is 26.7. The van der Waals surface area contributed by atoms with Gasteiger partial charge in [-0.25, -0.2) is 0 Å². The molecule has 19 nitrogen and oxygen atoms in total. The molecule has 0 saturated heterocycles. The lowest BCUT2D eigenvalue weighted by Crippen LogP contribution is -2.48. The van der Waals surface area contributed by atoms with Gasteiger partial charge in [0.25, 0.3) is 0 Å². The molecule has 0 aromatic carbocycles. The number of hydrogen-bond donors (Lipinski definition) is 9. The maximum Gasteiger partial charge on any atom is 0.309 e. The molecule has 0 saturated carbocycles. The van der Waals surface area contributed by atoms with E-state index in [4.69, 9.17) is 0 Å². The van der Waals surface area contributed by atoms with Crippen molar-refractivity contribution in [1.82, 2.24) is 52.8 Å². The largest absolute Gasteiger partial charge is 0.359 e. The van der Waals surface area contributed by atoms with Gasteiger partial charge in [-0.3, -0.25) is 48.1 Å². The van der Waals surface area contributed by atoms with E-state index in [1.807, 2.05) is 0 Å². The second-order valence-corrected chi connectivity index (χ2v) is 9.71. The number of rotatable bonds is 21. The molecule has 0 aromatic rings. The first kappa shape index (κ1) is 41.2. The van der Waals surface area contributed by atoms with Crippen LogP contribution in [0.25, 0.3) is 0 Å². The Morgan fingerprint density at radius 2 is 0.587 bits per heavy atom. The molecule has 0 aromatic heterocycles. The molecule has 0 bridgehead atoms. The van der Waals surface area contributed by atoms with Gasteiger partial charge in [0.2, 0.25) is 17.7 Å². The van der Waals surface area contributed by atoms with Gasteiger partial charge in [-0.2, -0.15) is 0 Å². The number of nitrogens with one attached hydrogen (secondary N) is 9. The fourth-order valence-electron chi connectivity index (χ4n) is 3.53. The third-order valence-corrected chi connectivity index (χ3v) is 6.19. The van der Waals surface area contributed by atoms with Crippen LogP contribution in [0.3, 0.4) is 0 Å². The summed E-state index contributed by atoms with van der Waals surface area (Å²) in [6, 6.07) is 0. The van der Waals surface area contributed by atoms with Gasteiger partial charge in [0.05, 0.1) is 0 Å². The maximum atomic E-state index is 12.1. The van der Waals surface area contributed by atoms with Crippen LogP contribution in [-0.2, 0) is 43.2 Å². The van der Waals surface area contributed by atoms with E-state index < -0.39 is 35.4 Å². The summed E-state index contributed by atoms with van der Waals surface area (Å²) >= 11 is 0. The molecular formula is C27H48N10O9.